The number of aryl methyl sites for hydroxylation is 2. The molecular formula is C17H24N2O. The summed E-state index contributed by atoms with van der Waals surface area (Å²) in [5.41, 5.74) is 3.76. The third-order valence-corrected chi connectivity index (χ3v) is 3.61. The van der Waals surface area contributed by atoms with E-state index >= 15 is 0 Å². The van der Waals surface area contributed by atoms with Gasteiger partial charge >= 0.3 is 0 Å². The fourth-order valence-electron chi connectivity index (χ4n) is 2.37. The average molecular weight is 272 g/mol. The maximum absolute atomic E-state index is 5.58. The van der Waals surface area contributed by atoms with Crippen LogP contribution in [0.1, 0.15) is 35.6 Å². The van der Waals surface area contributed by atoms with Crippen molar-refractivity contribution in [1.82, 2.24) is 5.32 Å². The number of hydrogen-bond acceptors (Lipinski definition) is 3. The van der Waals surface area contributed by atoms with Crippen LogP contribution in [-0.2, 0) is 6.54 Å². The minimum atomic E-state index is 0.293. The highest BCUT2D eigenvalue weighted by Crippen LogP contribution is 2.21. The number of nitrogens with one attached hydrogen (secondary N) is 1. The van der Waals surface area contributed by atoms with E-state index in [9.17, 15) is 0 Å². The lowest BCUT2D eigenvalue weighted by atomic mass is 10.1. The molecule has 2 rings (SSSR count). The maximum Gasteiger partial charge on any atom is 0.105 e. The minimum absolute atomic E-state index is 0.293. The van der Waals surface area contributed by atoms with Crippen LogP contribution in [0.3, 0.4) is 0 Å². The number of nitrogens with zero attached hydrogens (tertiary/aromatic N) is 1. The summed E-state index contributed by atoms with van der Waals surface area (Å²) in [7, 11) is 4.11. The number of benzene rings is 1. The second kappa shape index (κ2) is 6.14. The van der Waals surface area contributed by atoms with Crippen molar-refractivity contribution in [2.75, 3.05) is 19.0 Å². The Hall–Kier alpha value is -1.74. The van der Waals surface area contributed by atoms with E-state index in [4.69, 9.17) is 4.42 Å². The van der Waals surface area contributed by atoms with E-state index in [0.717, 1.165) is 18.1 Å². The first-order valence-electron chi connectivity index (χ1n) is 7.04. The first-order chi connectivity index (χ1) is 9.47. The highest BCUT2D eigenvalue weighted by atomic mass is 16.3. The summed E-state index contributed by atoms with van der Waals surface area (Å²) in [6.45, 7) is 7.04. The Balaban J connectivity index is 1.96. The summed E-state index contributed by atoms with van der Waals surface area (Å²) in [6, 6.07) is 11.0. The van der Waals surface area contributed by atoms with Crippen LogP contribution in [0.25, 0.3) is 0 Å². The van der Waals surface area contributed by atoms with Gasteiger partial charge in [-0.15, -0.1) is 0 Å². The topological polar surface area (TPSA) is 28.4 Å². The molecule has 0 radical (unpaired) electrons. The van der Waals surface area contributed by atoms with Crippen LogP contribution in [0.5, 0.6) is 0 Å². The molecule has 0 aliphatic carbocycles. The van der Waals surface area contributed by atoms with Gasteiger partial charge in [-0.3, -0.25) is 0 Å². The number of rotatable bonds is 5. The molecule has 1 N–H and O–H groups in total. The molecule has 0 amide bonds. The lowest BCUT2D eigenvalue weighted by Crippen LogP contribution is -2.18. The summed E-state index contributed by atoms with van der Waals surface area (Å²) in [5, 5.41) is 3.54. The Morgan fingerprint density at radius 1 is 1.15 bits per heavy atom. The van der Waals surface area contributed by atoms with Gasteiger partial charge in [-0.2, -0.15) is 0 Å². The normalized spacial score (nSPS) is 12.4. The van der Waals surface area contributed by atoms with Crippen LogP contribution in [0.2, 0.25) is 0 Å². The first kappa shape index (κ1) is 14.7. The van der Waals surface area contributed by atoms with Crippen LogP contribution in [0.4, 0.5) is 5.69 Å². The van der Waals surface area contributed by atoms with Crippen molar-refractivity contribution in [3.05, 3.63) is 53.0 Å². The molecule has 108 valence electrons. The van der Waals surface area contributed by atoms with Gasteiger partial charge in [-0.25, -0.2) is 0 Å². The van der Waals surface area contributed by atoms with Gasteiger partial charge in [0.05, 0.1) is 0 Å². The van der Waals surface area contributed by atoms with Crippen molar-refractivity contribution in [3.8, 4) is 0 Å². The summed E-state index contributed by atoms with van der Waals surface area (Å²) in [6.07, 6.45) is 0. The third kappa shape index (κ3) is 3.42. The Morgan fingerprint density at radius 2 is 1.80 bits per heavy atom. The van der Waals surface area contributed by atoms with Crippen LogP contribution >= 0.6 is 0 Å². The second-order valence-corrected chi connectivity index (χ2v) is 5.53. The Kier molecular flexibility index (Phi) is 4.50. The molecule has 20 heavy (non-hydrogen) atoms. The highest BCUT2D eigenvalue weighted by molar-refractivity contribution is 5.46. The summed E-state index contributed by atoms with van der Waals surface area (Å²) >= 11 is 0. The van der Waals surface area contributed by atoms with Gasteiger partial charge < -0.3 is 14.6 Å². The molecule has 1 atom stereocenters. The fourth-order valence-corrected chi connectivity index (χ4v) is 2.37. The van der Waals surface area contributed by atoms with Gasteiger partial charge in [0, 0.05) is 37.9 Å². The smallest absolute Gasteiger partial charge is 0.105 e. The Labute approximate surface area is 121 Å². The van der Waals surface area contributed by atoms with E-state index < -0.39 is 0 Å². The molecular weight excluding hydrogens is 248 g/mol. The number of hydrogen-bond donors (Lipinski definition) is 1. The van der Waals surface area contributed by atoms with Gasteiger partial charge in [0.25, 0.3) is 0 Å². The van der Waals surface area contributed by atoms with E-state index in [1.165, 1.54) is 16.8 Å². The van der Waals surface area contributed by atoms with Crippen LogP contribution in [-0.4, -0.2) is 14.1 Å². The molecule has 0 aliphatic rings. The monoisotopic (exact) mass is 272 g/mol. The molecule has 1 unspecified atom stereocenters. The molecule has 1 aromatic heterocycles. The molecule has 0 saturated carbocycles. The lowest BCUT2D eigenvalue weighted by Gasteiger charge is -2.15. The minimum Gasteiger partial charge on any atom is -0.466 e. The molecule has 0 fully saturated rings. The molecule has 0 aliphatic heterocycles. The molecule has 1 heterocycles. The molecule has 2 aromatic rings. The zero-order valence-corrected chi connectivity index (χ0v) is 13.0. The van der Waals surface area contributed by atoms with E-state index in [1.807, 2.05) is 13.8 Å². The van der Waals surface area contributed by atoms with E-state index in [0.29, 0.717) is 6.04 Å². The first-order valence-corrected chi connectivity index (χ1v) is 7.04. The summed E-state index contributed by atoms with van der Waals surface area (Å²) in [4.78, 5) is 2.11. The molecule has 0 saturated heterocycles. The highest BCUT2D eigenvalue weighted by Gasteiger charge is 2.11. The Bertz CT molecular complexity index is 555. The maximum atomic E-state index is 5.58. The zero-order chi connectivity index (χ0) is 14.7. The van der Waals surface area contributed by atoms with Crippen molar-refractivity contribution in [2.24, 2.45) is 0 Å². The van der Waals surface area contributed by atoms with E-state index in [1.54, 1.807) is 0 Å². The van der Waals surface area contributed by atoms with Crippen LogP contribution in [0, 0.1) is 13.8 Å². The van der Waals surface area contributed by atoms with Crippen molar-refractivity contribution < 1.29 is 4.42 Å². The fraction of sp³-hybridized carbons (Fsp3) is 0.412. The van der Waals surface area contributed by atoms with Crippen LogP contribution in [0.15, 0.2) is 34.7 Å². The van der Waals surface area contributed by atoms with Gasteiger partial charge in [0.1, 0.15) is 11.5 Å². The van der Waals surface area contributed by atoms with Gasteiger partial charge in [-0.05, 0) is 44.5 Å². The van der Waals surface area contributed by atoms with E-state index in [2.05, 4.69) is 61.6 Å². The summed E-state index contributed by atoms with van der Waals surface area (Å²) in [5.74, 6) is 1.98. The molecule has 3 heteroatoms. The van der Waals surface area contributed by atoms with Crippen molar-refractivity contribution >= 4 is 5.69 Å². The second-order valence-electron chi connectivity index (χ2n) is 5.53. The van der Waals surface area contributed by atoms with E-state index in [-0.39, 0.29) is 0 Å². The summed E-state index contributed by atoms with van der Waals surface area (Å²) < 4.78 is 5.58. The molecule has 0 bridgehead atoms. The number of furan rings is 1. The van der Waals surface area contributed by atoms with Crippen LogP contribution < -0.4 is 10.2 Å². The van der Waals surface area contributed by atoms with Crippen molar-refractivity contribution in [3.63, 3.8) is 0 Å². The Morgan fingerprint density at radius 3 is 2.30 bits per heavy atom. The van der Waals surface area contributed by atoms with Crippen molar-refractivity contribution in [2.45, 2.75) is 33.4 Å². The third-order valence-electron chi connectivity index (χ3n) is 3.61. The van der Waals surface area contributed by atoms with Gasteiger partial charge in [0.2, 0.25) is 0 Å². The SMILES string of the molecule is Cc1cc(C(C)NCc2ccc(N(C)C)cc2)c(C)o1. The largest absolute Gasteiger partial charge is 0.466 e. The predicted octanol–water partition coefficient (Wildman–Crippen LogP) is 3.81. The standard InChI is InChI=1S/C17H24N2O/c1-12-10-17(14(3)20-12)13(2)18-11-15-6-8-16(9-7-15)19(4)5/h6-10,13,18H,11H2,1-5H3. The molecule has 0 spiro atoms. The quantitative estimate of drug-likeness (QED) is 0.897. The molecule has 3 nitrogen and oxygen atoms in total. The van der Waals surface area contributed by atoms with Crippen molar-refractivity contribution in [1.29, 1.82) is 0 Å². The van der Waals surface area contributed by atoms with Gasteiger partial charge in [-0.1, -0.05) is 12.1 Å². The molecule has 1 aromatic carbocycles. The zero-order valence-electron chi connectivity index (χ0n) is 13.0. The van der Waals surface area contributed by atoms with Gasteiger partial charge in [0.15, 0.2) is 0 Å². The average Bonchev–Trinajstić information content (AvgIpc) is 2.75. The number of anilines is 1. The predicted molar refractivity (Wildman–Crippen MR) is 84.2 cm³/mol. The lowest BCUT2D eigenvalue weighted by molar-refractivity contribution is 0.489.